The highest BCUT2D eigenvalue weighted by molar-refractivity contribution is 5.76. The van der Waals surface area contributed by atoms with Crippen LogP contribution in [0.2, 0.25) is 0 Å². The first kappa shape index (κ1) is 17.6. The van der Waals surface area contributed by atoms with Gasteiger partial charge in [0.05, 0.1) is 0 Å². The summed E-state index contributed by atoms with van der Waals surface area (Å²) in [6.07, 6.45) is 5.51. The molecule has 1 aliphatic heterocycles. The zero-order chi connectivity index (χ0) is 16.5. The van der Waals surface area contributed by atoms with Crippen molar-refractivity contribution in [2.75, 3.05) is 36.4 Å². The van der Waals surface area contributed by atoms with Gasteiger partial charge >= 0.3 is 0 Å². The van der Waals surface area contributed by atoms with Crippen LogP contribution in [0.1, 0.15) is 46.0 Å². The van der Waals surface area contributed by atoms with Crippen molar-refractivity contribution in [1.29, 1.82) is 0 Å². The molecule has 0 unspecified atom stereocenters. The molecule has 4 nitrogen and oxygen atoms in total. The van der Waals surface area contributed by atoms with E-state index in [1.165, 1.54) is 38.0 Å². The average molecular weight is 317 g/mol. The molecule has 0 bridgehead atoms. The van der Waals surface area contributed by atoms with Crippen LogP contribution < -0.4 is 15.5 Å². The number of nitrogens with zero attached hydrogens (tertiary/aromatic N) is 1. The van der Waals surface area contributed by atoms with Gasteiger partial charge < -0.3 is 15.5 Å². The zero-order valence-electron chi connectivity index (χ0n) is 14.6. The first-order valence-corrected chi connectivity index (χ1v) is 9.01. The van der Waals surface area contributed by atoms with Gasteiger partial charge in [-0.1, -0.05) is 13.8 Å². The lowest BCUT2D eigenvalue weighted by molar-refractivity contribution is -0.120. The monoisotopic (exact) mass is 317 g/mol. The topological polar surface area (TPSA) is 44.4 Å². The Bertz CT molecular complexity index is 464. The van der Waals surface area contributed by atoms with Crippen molar-refractivity contribution >= 4 is 17.3 Å². The first-order chi connectivity index (χ1) is 11.1. The lowest BCUT2D eigenvalue weighted by Gasteiger charge is -2.28. The van der Waals surface area contributed by atoms with E-state index in [0.29, 0.717) is 18.9 Å². The third kappa shape index (κ3) is 6.51. The van der Waals surface area contributed by atoms with E-state index in [-0.39, 0.29) is 5.91 Å². The fourth-order valence-electron chi connectivity index (χ4n) is 2.85. The minimum absolute atomic E-state index is 0.128. The number of benzene rings is 1. The third-order valence-corrected chi connectivity index (χ3v) is 4.31. The summed E-state index contributed by atoms with van der Waals surface area (Å²) in [6, 6.07) is 8.58. The van der Waals surface area contributed by atoms with E-state index in [2.05, 4.69) is 53.6 Å². The van der Waals surface area contributed by atoms with Crippen LogP contribution in [0.15, 0.2) is 24.3 Å². The number of hydrogen-bond acceptors (Lipinski definition) is 3. The van der Waals surface area contributed by atoms with Gasteiger partial charge in [-0.2, -0.15) is 0 Å². The van der Waals surface area contributed by atoms with Gasteiger partial charge in [-0.15, -0.1) is 0 Å². The van der Waals surface area contributed by atoms with Crippen LogP contribution in [0.5, 0.6) is 0 Å². The Morgan fingerprint density at radius 3 is 2.43 bits per heavy atom. The molecule has 4 heteroatoms. The van der Waals surface area contributed by atoms with Gasteiger partial charge in [0.15, 0.2) is 0 Å². The SMILES string of the molecule is CC(C)CCNC(=O)CCNc1ccc(N2CCCCC2)cc1. The van der Waals surface area contributed by atoms with Crippen LogP contribution in [-0.4, -0.2) is 32.1 Å². The number of carbonyl (C=O) groups is 1. The van der Waals surface area contributed by atoms with E-state index in [9.17, 15) is 4.79 Å². The van der Waals surface area contributed by atoms with E-state index in [0.717, 1.165) is 18.7 Å². The lowest BCUT2D eigenvalue weighted by Crippen LogP contribution is -2.29. The first-order valence-electron chi connectivity index (χ1n) is 9.01. The molecule has 128 valence electrons. The van der Waals surface area contributed by atoms with E-state index in [4.69, 9.17) is 0 Å². The predicted octanol–water partition coefficient (Wildman–Crippen LogP) is 3.64. The smallest absolute Gasteiger partial charge is 0.221 e. The molecule has 23 heavy (non-hydrogen) atoms. The molecule has 1 heterocycles. The fourth-order valence-corrected chi connectivity index (χ4v) is 2.85. The van der Waals surface area contributed by atoms with Gasteiger partial charge in [0.1, 0.15) is 0 Å². The maximum absolute atomic E-state index is 11.7. The number of carbonyl (C=O) groups excluding carboxylic acids is 1. The predicted molar refractivity (Wildman–Crippen MR) is 98.1 cm³/mol. The van der Waals surface area contributed by atoms with Crippen molar-refractivity contribution in [2.45, 2.75) is 46.0 Å². The Morgan fingerprint density at radius 2 is 1.78 bits per heavy atom. The highest BCUT2D eigenvalue weighted by Crippen LogP contribution is 2.21. The van der Waals surface area contributed by atoms with Crippen molar-refractivity contribution in [2.24, 2.45) is 5.92 Å². The van der Waals surface area contributed by atoms with Gasteiger partial charge in [0.25, 0.3) is 0 Å². The van der Waals surface area contributed by atoms with Crippen LogP contribution in [0.25, 0.3) is 0 Å². The second kappa shape index (κ2) is 9.43. The molecule has 0 radical (unpaired) electrons. The summed E-state index contributed by atoms with van der Waals surface area (Å²) in [5, 5.41) is 6.29. The Morgan fingerprint density at radius 1 is 1.09 bits per heavy atom. The molecule has 1 aromatic rings. The second-order valence-electron chi connectivity index (χ2n) is 6.80. The number of amides is 1. The largest absolute Gasteiger partial charge is 0.385 e. The van der Waals surface area contributed by atoms with Gasteiger partial charge in [-0.25, -0.2) is 0 Å². The van der Waals surface area contributed by atoms with Crippen LogP contribution in [0.3, 0.4) is 0 Å². The van der Waals surface area contributed by atoms with Gasteiger partial charge in [0.2, 0.25) is 5.91 Å². The molecule has 1 fully saturated rings. The van der Waals surface area contributed by atoms with Gasteiger partial charge in [0, 0.05) is 44.0 Å². The van der Waals surface area contributed by atoms with E-state index >= 15 is 0 Å². The van der Waals surface area contributed by atoms with Crippen molar-refractivity contribution in [3.05, 3.63) is 24.3 Å². The third-order valence-electron chi connectivity index (χ3n) is 4.31. The average Bonchev–Trinajstić information content (AvgIpc) is 2.56. The summed E-state index contributed by atoms with van der Waals surface area (Å²) < 4.78 is 0. The molecular formula is C19H31N3O. The van der Waals surface area contributed by atoms with Gasteiger partial charge in [-0.3, -0.25) is 4.79 Å². The Balaban J connectivity index is 1.66. The van der Waals surface area contributed by atoms with Crippen molar-refractivity contribution in [3.8, 4) is 0 Å². The van der Waals surface area contributed by atoms with Gasteiger partial charge in [-0.05, 0) is 55.9 Å². The summed E-state index contributed by atoms with van der Waals surface area (Å²) in [7, 11) is 0. The molecule has 0 saturated carbocycles. The molecule has 2 N–H and O–H groups in total. The molecule has 0 spiro atoms. The molecule has 1 amide bonds. The fraction of sp³-hybridized carbons (Fsp3) is 0.632. The minimum Gasteiger partial charge on any atom is -0.385 e. The highest BCUT2D eigenvalue weighted by atomic mass is 16.1. The zero-order valence-corrected chi connectivity index (χ0v) is 14.6. The number of anilines is 2. The Labute approximate surface area is 140 Å². The maximum atomic E-state index is 11.7. The van der Waals surface area contributed by atoms with Crippen LogP contribution in [0, 0.1) is 5.92 Å². The van der Waals surface area contributed by atoms with Crippen molar-refractivity contribution < 1.29 is 4.79 Å². The van der Waals surface area contributed by atoms with Crippen molar-refractivity contribution in [3.63, 3.8) is 0 Å². The Hall–Kier alpha value is -1.71. The molecule has 1 saturated heterocycles. The molecule has 1 aliphatic rings. The van der Waals surface area contributed by atoms with Crippen molar-refractivity contribution in [1.82, 2.24) is 5.32 Å². The molecule has 2 rings (SSSR count). The summed E-state index contributed by atoms with van der Waals surface area (Å²) in [4.78, 5) is 14.2. The molecular weight excluding hydrogens is 286 g/mol. The van der Waals surface area contributed by atoms with Crippen LogP contribution >= 0.6 is 0 Å². The van der Waals surface area contributed by atoms with Crippen LogP contribution in [0.4, 0.5) is 11.4 Å². The summed E-state index contributed by atoms with van der Waals surface area (Å²) >= 11 is 0. The van der Waals surface area contributed by atoms with E-state index < -0.39 is 0 Å². The van der Waals surface area contributed by atoms with Crippen LogP contribution in [-0.2, 0) is 4.79 Å². The lowest BCUT2D eigenvalue weighted by atomic mass is 10.1. The van der Waals surface area contributed by atoms with E-state index in [1.54, 1.807) is 0 Å². The number of rotatable bonds is 8. The normalized spacial score (nSPS) is 14.8. The molecule has 0 atom stereocenters. The number of piperidine rings is 1. The molecule has 0 aromatic heterocycles. The minimum atomic E-state index is 0.128. The summed E-state index contributed by atoms with van der Waals surface area (Å²) in [5.41, 5.74) is 2.39. The summed E-state index contributed by atoms with van der Waals surface area (Å²) in [6.45, 7) is 8.13. The summed E-state index contributed by atoms with van der Waals surface area (Å²) in [5.74, 6) is 0.759. The Kier molecular flexibility index (Phi) is 7.24. The highest BCUT2D eigenvalue weighted by Gasteiger charge is 2.10. The quantitative estimate of drug-likeness (QED) is 0.769. The number of nitrogens with one attached hydrogen (secondary N) is 2. The second-order valence-corrected chi connectivity index (χ2v) is 6.80. The van der Waals surface area contributed by atoms with E-state index in [1.807, 2.05) is 0 Å². The standard InChI is InChI=1S/C19H31N3O/c1-16(2)10-12-21-19(23)11-13-20-17-6-8-18(9-7-17)22-14-4-3-5-15-22/h6-9,16,20H,3-5,10-15H2,1-2H3,(H,21,23). The molecule has 0 aliphatic carbocycles. The molecule has 1 aromatic carbocycles. The number of hydrogen-bond donors (Lipinski definition) is 2. The maximum Gasteiger partial charge on any atom is 0.221 e.